The fourth-order valence-corrected chi connectivity index (χ4v) is 3.14. The summed E-state index contributed by atoms with van der Waals surface area (Å²) in [5.74, 6) is -0.493. The highest BCUT2D eigenvalue weighted by molar-refractivity contribution is 6.00. The molecule has 4 N–H and O–H groups in total. The monoisotopic (exact) mass is 401 g/mol. The van der Waals surface area contributed by atoms with Gasteiger partial charge in [-0.05, 0) is 54.4 Å². The number of pyridine rings is 1. The van der Waals surface area contributed by atoms with E-state index in [1.807, 2.05) is 24.3 Å². The van der Waals surface area contributed by atoms with Crippen molar-refractivity contribution in [1.29, 1.82) is 5.26 Å². The maximum atomic E-state index is 14.2. The summed E-state index contributed by atoms with van der Waals surface area (Å²) in [5.41, 5.74) is 9.16. The van der Waals surface area contributed by atoms with Gasteiger partial charge >= 0.3 is 6.03 Å². The average Bonchev–Trinajstić information content (AvgIpc) is 3.12. The summed E-state index contributed by atoms with van der Waals surface area (Å²) in [7, 11) is 0. The number of benzene rings is 2. The largest absolute Gasteiger partial charge is 0.368 e. The van der Waals surface area contributed by atoms with Crippen LogP contribution in [0.1, 0.15) is 11.1 Å². The molecule has 2 aromatic heterocycles. The molecular weight excluding hydrogens is 385 g/mol. The number of rotatable bonds is 3. The van der Waals surface area contributed by atoms with Crippen molar-refractivity contribution < 1.29 is 9.18 Å². The molecule has 148 valence electrons. The minimum atomic E-state index is -0.770. The average molecular weight is 401 g/mol. The van der Waals surface area contributed by atoms with E-state index in [-0.39, 0.29) is 17.2 Å². The highest BCUT2D eigenvalue weighted by atomic mass is 19.1. The topological polar surface area (TPSA) is 121 Å². The van der Waals surface area contributed by atoms with E-state index in [9.17, 15) is 9.18 Å². The Hall–Kier alpha value is -4.45. The zero-order chi connectivity index (χ0) is 21.3. The maximum absolute atomic E-state index is 14.2. The fraction of sp³-hybridized carbons (Fsp3) is 0.0476. The molecule has 2 aromatic carbocycles. The SMILES string of the molecule is Cc1cc(C#N)c(F)c(NC(=O)Nc2ccc(-c3cccc4nnc(N)n34)cc2)c1. The van der Waals surface area contributed by atoms with E-state index in [1.54, 1.807) is 35.6 Å². The fourth-order valence-electron chi connectivity index (χ4n) is 3.14. The van der Waals surface area contributed by atoms with Crippen LogP contribution in [0.5, 0.6) is 0 Å². The number of carbonyl (C=O) groups is 1. The van der Waals surface area contributed by atoms with Gasteiger partial charge < -0.3 is 16.4 Å². The van der Waals surface area contributed by atoms with Crippen molar-refractivity contribution in [1.82, 2.24) is 14.6 Å². The normalized spacial score (nSPS) is 10.6. The van der Waals surface area contributed by atoms with Crippen LogP contribution < -0.4 is 16.4 Å². The molecule has 0 saturated carbocycles. The Bertz CT molecular complexity index is 1310. The lowest BCUT2D eigenvalue weighted by molar-refractivity contribution is 0.262. The number of nitriles is 1. The number of amides is 2. The first-order chi connectivity index (χ1) is 14.5. The predicted octanol–water partition coefficient (Wildman–Crippen LogP) is 3.94. The van der Waals surface area contributed by atoms with Crippen LogP contribution in [0.3, 0.4) is 0 Å². The van der Waals surface area contributed by atoms with Crippen molar-refractivity contribution in [2.75, 3.05) is 16.4 Å². The van der Waals surface area contributed by atoms with Crippen molar-refractivity contribution in [3.8, 4) is 17.3 Å². The van der Waals surface area contributed by atoms with Gasteiger partial charge in [0.05, 0.1) is 16.9 Å². The maximum Gasteiger partial charge on any atom is 0.323 e. The van der Waals surface area contributed by atoms with Crippen LogP contribution in [0.4, 0.5) is 26.5 Å². The summed E-state index contributed by atoms with van der Waals surface area (Å²) in [4.78, 5) is 12.3. The van der Waals surface area contributed by atoms with Gasteiger partial charge in [-0.1, -0.05) is 18.2 Å². The van der Waals surface area contributed by atoms with E-state index in [1.165, 1.54) is 12.1 Å². The summed E-state index contributed by atoms with van der Waals surface area (Å²) >= 11 is 0. The Morgan fingerprint density at radius 2 is 1.90 bits per heavy atom. The quantitative estimate of drug-likeness (QED) is 0.480. The number of nitrogen functional groups attached to an aromatic ring is 1. The number of fused-ring (bicyclic) bond motifs is 1. The van der Waals surface area contributed by atoms with E-state index in [0.717, 1.165) is 11.3 Å². The van der Waals surface area contributed by atoms with E-state index < -0.39 is 11.8 Å². The molecule has 0 saturated heterocycles. The molecule has 0 spiro atoms. The molecule has 9 heteroatoms. The summed E-state index contributed by atoms with van der Waals surface area (Å²) in [6.07, 6.45) is 0. The molecule has 0 unspecified atom stereocenters. The Morgan fingerprint density at radius 3 is 2.63 bits per heavy atom. The molecule has 8 nitrogen and oxygen atoms in total. The van der Waals surface area contributed by atoms with Crippen LogP contribution in [0.25, 0.3) is 16.9 Å². The van der Waals surface area contributed by atoms with Gasteiger partial charge in [0.2, 0.25) is 5.95 Å². The summed E-state index contributed by atoms with van der Waals surface area (Å²) in [5, 5.41) is 21.9. The lowest BCUT2D eigenvalue weighted by Gasteiger charge is -2.11. The van der Waals surface area contributed by atoms with E-state index >= 15 is 0 Å². The van der Waals surface area contributed by atoms with Crippen LogP contribution in [0.2, 0.25) is 0 Å². The number of nitrogens with one attached hydrogen (secondary N) is 2. The summed E-state index contributed by atoms with van der Waals surface area (Å²) in [6.45, 7) is 1.71. The second kappa shape index (κ2) is 7.52. The number of hydrogen-bond donors (Lipinski definition) is 3. The van der Waals surface area contributed by atoms with Crippen LogP contribution >= 0.6 is 0 Å². The molecule has 2 heterocycles. The standard InChI is InChI=1S/C21H16FN7O/c1-12-9-14(11-23)19(22)16(10-12)26-21(30)25-15-7-5-13(6-8-15)17-3-2-4-18-27-28-20(24)29(17)18/h2-10H,1H3,(H2,24,28)(H2,25,26,30). The zero-order valence-electron chi connectivity index (χ0n) is 15.8. The van der Waals surface area contributed by atoms with E-state index in [0.29, 0.717) is 16.9 Å². The van der Waals surface area contributed by atoms with Gasteiger partial charge in [0.25, 0.3) is 0 Å². The number of carbonyl (C=O) groups excluding carboxylic acids is 1. The van der Waals surface area contributed by atoms with Crippen molar-refractivity contribution >= 4 is 29.0 Å². The molecule has 0 aliphatic heterocycles. The van der Waals surface area contributed by atoms with Gasteiger partial charge in [-0.15, -0.1) is 10.2 Å². The van der Waals surface area contributed by atoms with Gasteiger partial charge in [-0.3, -0.25) is 4.40 Å². The molecule has 0 fully saturated rings. The molecule has 30 heavy (non-hydrogen) atoms. The first-order valence-corrected chi connectivity index (χ1v) is 8.94. The Balaban J connectivity index is 1.53. The van der Waals surface area contributed by atoms with E-state index in [4.69, 9.17) is 11.0 Å². The van der Waals surface area contributed by atoms with Crippen LogP contribution in [0.15, 0.2) is 54.6 Å². The Morgan fingerprint density at radius 1 is 1.13 bits per heavy atom. The molecule has 0 radical (unpaired) electrons. The molecule has 2 amide bonds. The first kappa shape index (κ1) is 18.9. The zero-order valence-corrected chi connectivity index (χ0v) is 15.8. The van der Waals surface area contributed by atoms with Crippen LogP contribution in [-0.4, -0.2) is 20.6 Å². The lowest BCUT2D eigenvalue weighted by Crippen LogP contribution is -2.20. The van der Waals surface area contributed by atoms with Gasteiger partial charge in [0.15, 0.2) is 11.5 Å². The minimum absolute atomic E-state index is 0.0598. The molecule has 0 aliphatic rings. The number of hydrogen-bond acceptors (Lipinski definition) is 5. The summed E-state index contributed by atoms with van der Waals surface area (Å²) < 4.78 is 16.0. The van der Waals surface area contributed by atoms with Gasteiger partial charge in [0.1, 0.15) is 6.07 Å². The molecule has 4 rings (SSSR count). The number of urea groups is 1. The van der Waals surface area contributed by atoms with Gasteiger partial charge in [0, 0.05) is 5.69 Å². The molecular formula is C21H16FN7O. The number of aryl methyl sites for hydroxylation is 1. The minimum Gasteiger partial charge on any atom is -0.368 e. The molecule has 0 aliphatic carbocycles. The Labute approximate surface area is 170 Å². The summed E-state index contributed by atoms with van der Waals surface area (Å²) in [6, 6.07) is 16.6. The van der Waals surface area contributed by atoms with Crippen molar-refractivity contribution in [3.05, 3.63) is 71.5 Å². The second-order valence-corrected chi connectivity index (χ2v) is 6.61. The van der Waals surface area contributed by atoms with Gasteiger partial charge in [-0.25, -0.2) is 9.18 Å². The number of halogens is 1. The lowest BCUT2D eigenvalue weighted by atomic mass is 10.1. The Kier molecular flexibility index (Phi) is 4.74. The highest BCUT2D eigenvalue weighted by Crippen LogP contribution is 2.24. The number of nitrogens with zero attached hydrogens (tertiary/aromatic N) is 4. The molecule has 0 atom stereocenters. The highest BCUT2D eigenvalue weighted by Gasteiger charge is 2.13. The van der Waals surface area contributed by atoms with Crippen LogP contribution in [-0.2, 0) is 0 Å². The number of anilines is 3. The van der Waals surface area contributed by atoms with Gasteiger partial charge in [-0.2, -0.15) is 5.26 Å². The number of aromatic nitrogens is 3. The predicted molar refractivity (Wildman–Crippen MR) is 111 cm³/mol. The van der Waals surface area contributed by atoms with E-state index in [2.05, 4.69) is 20.8 Å². The van der Waals surface area contributed by atoms with Crippen molar-refractivity contribution in [3.63, 3.8) is 0 Å². The third kappa shape index (κ3) is 3.49. The molecule has 4 aromatic rings. The third-order valence-corrected chi connectivity index (χ3v) is 4.48. The van der Waals surface area contributed by atoms with Crippen molar-refractivity contribution in [2.24, 2.45) is 0 Å². The molecule has 0 bridgehead atoms. The second-order valence-electron chi connectivity index (χ2n) is 6.61. The van der Waals surface area contributed by atoms with Crippen molar-refractivity contribution in [2.45, 2.75) is 6.92 Å². The number of nitrogens with two attached hydrogens (primary N) is 1. The third-order valence-electron chi connectivity index (χ3n) is 4.48. The van der Waals surface area contributed by atoms with Crippen LogP contribution in [0, 0.1) is 24.1 Å². The first-order valence-electron chi connectivity index (χ1n) is 8.94. The smallest absolute Gasteiger partial charge is 0.323 e.